The summed E-state index contributed by atoms with van der Waals surface area (Å²) in [6.45, 7) is 0. The second-order valence-corrected chi connectivity index (χ2v) is 5.63. The SMILES string of the molecule is COc1ccc(C2CC2C(=O)Nc2ccc([N+](=O)[O-])c(F)c2)cc1. The number of nitro benzene ring substituents is 1. The molecule has 0 spiro atoms. The summed E-state index contributed by atoms with van der Waals surface area (Å²) in [5.74, 6) is -0.499. The van der Waals surface area contributed by atoms with Gasteiger partial charge in [-0.05, 0) is 36.1 Å². The summed E-state index contributed by atoms with van der Waals surface area (Å²) in [7, 11) is 1.59. The van der Waals surface area contributed by atoms with Gasteiger partial charge in [0, 0.05) is 23.7 Å². The van der Waals surface area contributed by atoms with Gasteiger partial charge in [0.25, 0.3) is 0 Å². The van der Waals surface area contributed by atoms with Gasteiger partial charge in [0.2, 0.25) is 11.7 Å². The first-order valence-corrected chi connectivity index (χ1v) is 7.38. The third-order valence-corrected chi connectivity index (χ3v) is 4.08. The lowest BCUT2D eigenvalue weighted by Crippen LogP contribution is -2.14. The van der Waals surface area contributed by atoms with E-state index in [4.69, 9.17) is 4.74 Å². The minimum absolute atomic E-state index is 0.124. The molecule has 0 heterocycles. The van der Waals surface area contributed by atoms with Gasteiger partial charge in [0.1, 0.15) is 5.75 Å². The second-order valence-electron chi connectivity index (χ2n) is 5.63. The zero-order chi connectivity index (χ0) is 17.3. The van der Waals surface area contributed by atoms with Gasteiger partial charge >= 0.3 is 5.69 Å². The number of nitrogens with zero attached hydrogens (tertiary/aromatic N) is 1. The maximum atomic E-state index is 13.6. The number of hydrogen-bond donors (Lipinski definition) is 1. The maximum absolute atomic E-state index is 13.6. The number of methoxy groups -OCH3 is 1. The number of ether oxygens (including phenoxy) is 1. The summed E-state index contributed by atoms with van der Waals surface area (Å²) in [5, 5.41) is 13.2. The Morgan fingerprint density at radius 2 is 2.00 bits per heavy atom. The minimum atomic E-state index is -0.972. The lowest BCUT2D eigenvalue weighted by molar-refractivity contribution is -0.387. The Bertz CT molecular complexity index is 792. The van der Waals surface area contributed by atoms with Crippen molar-refractivity contribution in [2.75, 3.05) is 12.4 Å². The van der Waals surface area contributed by atoms with Crippen molar-refractivity contribution in [1.82, 2.24) is 0 Å². The molecule has 0 bridgehead atoms. The highest BCUT2D eigenvalue weighted by Crippen LogP contribution is 2.48. The van der Waals surface area contributed by atoms with Crippen LogP contribution in [0.5, 0.6) is 5.75 Å². The van der Waals surface area contributed by atoms with E-state index < -0.39 is 16.4 Å². The Morgan fingerprint density at radius 3 is 2.58 bits per heavy atom. The number of anilines is 1. The Labute approximate surface area is 137 Å². The van der Waals surface area contributed by atoms with Gasteiger partial charge in [-0.25, -0.2) is 0 Å². The molecule has 24 heavy (non-hydrogen) atoms. The molecule has 2 aromatic rings. The van der Waals surface area contributed by atoms with E-state index in [2.05, 4.69) is 5.32 Å². The van der Waals surface area contributed by atoms with E-state index in [-0.39, 0.29) is 23.4 Å². The van der Waals surface area contributed by atoms with E-state index in [1.807, 2.05) is 24.3 Å². The van der Waals surface area contributed by atoms with E-state index in [0.29, 0.717) is 6.42 Å². The number of nitro groups is 1. The molecule has 2 aromatic carbocycles. The summed E-state index contributed by atoms with van der Waals surface area (Å²) in [5.41, 5.74) is 0.643. The second kappa shape index (κ2) is 6.27. The molecule has 1 aliphatic carbocycles. The molecule has 0 aliphatic heterocycles. The topological polar surface area (TPSA) is 81.5 Å². The van der Waals surface area contributed by atoms with Gasteiger partial charge in [-0.3, -0.25) is 14.9 Å². The standard InChI is InChI=1S/C17H15FN2O4/c1-24-12-5-2-10(3-6-12)13-9-14(13)17(21)19-11-4-7-16(20(22)23)15(18)8-11/h2-8,13-14H,9H2,1H3,(H,19,21). The molecule has 3 rings (SSSR count). The largest absolute Gasteiger partial charge is 0.497 e. The molecule has 2 atom stereocenters. The van der Waals surface area contributed by atoms with Crippen molar-refractivity contribution in [3.63, 3.8) is 0 Å². The Morgan fingerprint density at radius 1 is 1.29 bits per heavy atom. The van der Waals surface area contributed by atoms with Crippen LogP contribution < -0.4 is 10.1 Å². The van der Waals surface area contributed by atoms with Gasteiger partial charge in [-0.2, -0.15) is 4.39 Å². The zero-order valence-electron chi connectivity index (χ0n) is 12.9. The number of nitrogens with one attached hydrogen (secondary N) is 1. The number of amides is 1. The molecule has 1 saturated carbocycles. The Hall–Kier alpha value is -2.96. The molecule has 1 aliphatic rings. The Balaban J connectivity index is 1.64. The predicted octanol–water partition coefficient (Wildman–Crippen LogP) is 3.48. The fourth-order valence-corrected chi connectivity index (χ4v) is 2.67. The van der Waals surface area contributed by atoms with E-state index in [0.717, 1.165) is 23.4 Å². The van der Waals surface area contributed by atoms with Gasteiger partial charge in [-0.1, -0.05) is 12.1 Å². The lowest BCUT2D eigenvalue weighted by Gasteiger charge is -2.06. The summed E-state index contributed by atoms with van der Waals surface area (Å²) in [6.07, 6.45) is 0.716. The number of rotatable bonds is 5. The number of halogens is 1. The number of benzene rings is 2. The fourth-order valence-electron chi connectivity index (χ4n) is 2.67. The molecule has 124 valence electrons. The highest BCUT2D eigenvalue weighted by Gasteiger charge is 2.43. The van der Waals surface area contributed by atoms with Crippen LogP contribution in [0.3, 0.4) is 0 Å². The molecule has 6 nitrogen and oxygen atoms in total. The van der Waals surface area contributed by atoms with Gasteiger partial charge in [-0.15, -0.1) is 0 Å². The molecule has 7 heteroatoms. The van der Waals surface area contributed by atoms with Crippen LogP contribution in [0.4, 0.5) is 15.8 Å². The molecule has 0 saturated heterocycles. The quantitative estimate of drug-likeness (QED) is 0.672. The van der Waals surface area contributed by atoms with E-state index >= 15 is 0 Å². The highest BCUT2D eigenvalue weighted by molar-refractivity contribution is 5.95. The third-order valence-electron chi connectivity index (χ3n) is 4.08. The summed E-state index contributed by atoms with van der Waals surface area (Å²) in [4.78, 5) is 22.0. The predicted molar refractivity (Wildman–Crippen MR) is 85.5 cm³/mol. The summed E-state index contributed by atoms with van der Waals surface area (Å²) in [6, 6.07) is 10.8. The molecule has 0 radical (unpaired) electrons. The monoisotopic (exact) mass is 330 g/mol. The molecule has 1 N–H and O–H groups in total. The first kappa shape index (κ1) is 15.9. The molecule has 1 amide bonds. The van der Waals surface area contributed by atoms with Crippen LogP contribution in [-0.2, 0) is 4.79 Å². The average molecular weight is 330 g/mol. The van der Waals surface area contributed by atoms with Crippen LogP contribution >= 0.6 is 0 Å². The summed E-state index contributed by atoms with van der Waals surface area (Å²) >= 11 is 0. The van der Waals surface area contributed by atoms with Crippen molar-refractivity contribution < 1.29 is 18.8 Å². The number of hydrogen-bond acceptors (Lipinski definition) is 4. The van der Waals surface area contributed by atoms with Crippen LogP contribution in [0, 0.1) is 21.8 Å². The van der Waals surface area contributed by atoms with Gasteiger partial charge < -0.3 is 10.1 Å². The van der Waals surface area contributed by atoms with Gasteiger partial charge in [0.05, 0.1) is 12.0 Å². The smallest absolute Gasteiger partial charge is 0.304 e. The maximum Gasteiger partial charge on any atom is 0.304 e. The van der Waals surface area contributed by atoms with E-state index in [1.54, 1.807) is 7.11 Å². The minimum Gasteiger partial charge on any atom is -0.497 e. The molecular weight excluding hydrogens is 315 g/mol. The lowest BCUT2D eigenvalue weighted by atomic mass is 10.1. The first-order chi connectivity index (χ1) is 11.5. The zero-order valence-corrected chi connectivity index (χ0v) is 12.9. The van der Waals surface area contributed by atoms with E-state index in [9.17, 15) is 19.3 Å². The summed E-state index contributed by atoms with van der Waals surface area (Å²) < 4.78 is 18.7. The molecule has 1 fully saturated rings. The first-order valence-electron chi connectivity index (χ1n) is 7.38. The van der Waals surface area contributed by atoms with Gasteiger partial charge in [0.15, 0.2) is 0 Å². The molecule has 2 unspecified atom stereocenters. The van der Waals surface area contributed by atoms with Crippen molar-refractivity contribution in [3.05, 3.63) is 64.0 Å². The van der Waals surface area contributed by atoms with Crippen molar-refractivity contribution >= 4 is 17.3 Å². The van der Waals surface area contributed by atoms with Crippen molar-refractivity contribution in [3.8, 4) is 5.75 Å². The molecular formula is C17H15FN2O4. The van der Waals surface area contributed by atoms with Crippen molar-refractivity contribution in [2.24, 2.45) is 5.92 Å². The number of carbonyl (C=O) groups excluding carboxylic acids is 1. The third kappa shape index (κ3) is 3.19. The van der Waals surface area contributed by atoms with Crippen molar-refractivity contribution in [1.29, 1.82) is 0 Å². The van der Waals surface area contributed by atoms with Crippen LogP contribution in [0.2, 0.25) is 0 Å². The number of carbonyl (C=O) groups is 1. The van der Waals surface area contributed by atoms with Crippen LogP contribution in [-0.4, -0.2) is 17.9 Å². The molecule has 0 aromatic heterocycles. The normalized spacial score (nSPS) is 18.8. The van der Waals surface area contributed by atoms with Crippen molar-refractivity contribution in [2.45, 2.75) is 12.3 Å². The van der Waals surface area contributed by atoms with Crippen LogP contribution in [0.15, 0.2) is 42.5 Å². The van der Waals surface area contributed by atoms with E-state index in [1.165, 1.54) is 6.07 Å². The average Bonchev–Trinajstić information content (AvgIpc) is 3.35. The fraction of sp³-hybridized carbons (Fsp3) is 0.235. The van der Waals surface area contributed by atoms with Crippen LogP contribution in [0.1, 0.15) is 17.9 Å². The Kier molecular flexibility index (Phi) is 4.16. The van der Waals surface area contributed by atoms with Crippen LogP contribution in [0.25, 0.3) is 0 Å². The highest BCUT2D eigenvalue weighted by atomic mass is 19.1.